The molecule has 2 heterocycles. The fourth-order valence-corrected chi connectivity index (χ4v) is 3.66. The molecule has 0 saturated carbocycles. The Hall–Kier alpha value is -3.29. The summed E-state index contributed by atoms with van der Waals surface area (Å²) in [5.41, 5.74) is 2.18. The second-order valence-electron chi connectivity index (χ2n) is 7.74. The number of aryl methyl sites for hydroxylation is 1. The first kappa shape index (κ1) is 23.4. The predicted octanol–water partition coefficient (Wildman–Crippen LogP) is 2.19. The lowest BCUT2D eigenvalue weighted by atomic mass is 10.1. The number of anilines is 1. The van der Waals surface area contributed by atoms with Crippen LogP contribution in [0.4, 0.5) is 5.82 Å². The van der Waals surface area contributed by atoms with Crippen LogP contribution in [-0.2, 0) is 11.3 Å². The molecule has 1 fully saturated rings. The SMILES string of the molecule is CCNC(=NCc1ccc(C)cc1OC)NCCC(=O)N1CCN(c2ccccn2)CC1. The van der Waals surface area contributed by atoms with Crippen molar-refractivity contribution in [2.45, 2.75) is 26.8 Å². The molecule has 1 aliphatic heterocycles. The largest absolute Gasteiger partial charge is 0.496 e. The number of nitrogens with zero attached hydrogens (tertiary/aromatic N) is 4. The van der Waals surface area contributed by atoms with Gasteiger partial charge in [0.2, 0.25) is 5.91 Å². The Morgan fingerprint density at radius 2 is 1.97 bits per heavy atom. The number of ether oxygens (including phenoxy) is 1. The second-order valence-corrected chi connectivity index (χ2v) is 7.74. The predicted molar refractivity (Wildman–Crippen MR) is 128 cm³/mol. The number of carbonyl (C=O) groups is 1. The first-order chi connectivity index (χ1) is 15.6. The standard InChI is InChI=1S/C24H34N6O2/c1-4-25-24(28-18-20-9-8-19(2)17-21(20)32-3)27-12-10-23(31)30-15-13-29(14-16-30)22-7-5-6-11-26-22/h5-9,11,17H,4,10,12-16,18H2,1-3H3,(H2,25,27,28). The van der Waals surface area contributed by atoms with Gasteiger partial charge in [0.25, 0.3) is 0 Å². The molecule has 0 bridgehead atoms. The van der Waals surface area contributed by atoms with Crippen LogP contribution in [0.15, 0.2) is 47.6 Å². The Bertz CT molecular complexity index is 895. The van der Waals surface area contributed by atoms with Gasteiger partial charge in [0.05, 0.1) is 13.7 Å². The number of pyridine rings is 1. The minimum atomic E-state index is 0.161. The van der Waals surface area contributed by atoms with Crippen LogP contribution >= 0.6 is 0 Å². The topological polar surface area (TPSA) is 82.1 Å². The third-order valence-electron chi connectivity index (χ3n) is 5.43. The molecule has 3 rings (SSSR count). The van der Waals surface area contributed by atoms with Crippen LogP contribution in [0.25, 0.3) is 0 Å². The Morgan fingerprint density at radius 3 is 2.66 bits per heavy atom. The highest BCUT2D eigenvalue weighted by atomic mass is 16.5. The van der Waals surface area contributed by atoms with Crippen LogP contribution in [-0.4, -0.2) is 68.1 Å². The fraction of sp³-hybridized carbons (Fsp3) is 0.458. The summed E-state index contributed by atoms with van der Waals surface area (Å²) in [4.78, 5) is 25.9. The minimum absolute atomic E-state index is 0.161. The molecule has 1 amide bonds. The molecule has 2 aromatic rings. The molecule has 0 unspecified atom stereocenters. The summed E-state index contributed by atoms with van der Waals surface area (Å²) in [7, 11) is 1.67. The highest BCUT2D eigenvalue weighted by Crippen LogP contribution is 2.20. The number of hydrogen-bond donors (Lipinski definition) is 2. The molecule has 8 nitrogen and oxygen atoms in total. The van der Waals surface area contributed by atoms with Gasteiger partial charge in [-0.05, 0) is 37.6 Å². The third kappa shape index (κ3) is 6.60. The van der Waals surface area contributed by atoms with E-state index in [-0.39, 0.29) is 5.91 Å². The van der Waals surface area contributed by atoms with Gasteiger partial charge in [0.1, 0.15) is 11.6 Å². The number of aromatic nitrogens is 1. The van der Waals surface area contributed by atoms with Gasteiger partial charge in [-0.2, -0.15) is 0 Å². The summed E-state index contributed by atoms with van der Waals surface area (Å²) < 4.78 is 5.47. The van der Waals surface area contributed by atoms with Crippen LogP contribution in [0.5, 0.6) is 5.75 Å². The smallest absolute Gasteiger partial charge is 0.224 e. The van der Waals surface area contributed by atoms with E-state index in [1.165, 1.54) is 0 Å². The molecule has 0 aliphatic carbocycles. The molecule has 2 N–H and O–H groups in total. The number of carbonyl (C=O) groups excluding carboxylic acids is 1. The average molecular weight is 439 g/mol. The number of rotatable bonds is 8. The molecular weight excluding hydrogens is 404 g/mol. The number of piperazine rings is 1. The van der Waals surface area contributed by atoms with E-state index < -0.39 is 0 Å². The minimum Gasteiger partial charge on any atom is -0.496 e. The molecule has 172 valence electrons. The van der Waals surface area contributed by atoms with Crippen molar-refractivity contribution in [1.82, 2.24) is 20.5 Å². The number of methoxy groups -OCH3 is 1. The monoisotopic (exact) mass is 438 g/mol. The first-order valence-electron chi connectivity index (χ1n) is 11.2. The van der Waals surface area contributed by atoms with Crippen LogP contribution in [0.1, 0.15) is 24.5 Å². The summed E-state index contributed by atoms with van der Waals surface area (Å²) >= 11 is 0. The van der Waals surface area contributed by atoms with Crippen LogP contribution < -0.4 is 20.3 Å². The Balaban J connectivity index is 1.46. The van der Waals surface area contributed by atoms with Crippen LogP contribution in [0, 0.1) is 6.92 Å². The zero-order chi connectivity index (χ0) is 22.8. The maximum Gasteiger partial charge on any atom is 0.224 e. The van der Waals surface area contributed by atoms with Gasteiger partial charge < -0.3 is 25.2 Å². The van der Waals surface area contributed by atoms with E-state index in [0.29, 0.717) is 25.5 Å². The zero-order valence-corrected chi connectivity index (χ0v) is 19.3. The third-order valence-corrected chi connectivity index (χ3v) is 5.43. The number of guanidine groups is 1. The van der Waals surface area contributed by atoms with Gasteiger partial charge in [-0.25, -0.2) is 9.98 Å². The number of benzene rings is 1. The van der Waals surface area contributed by atoms with Gasteiger partial charge in [-0.15, -0.1) is 0 Å². The van der Waals surface area contributed by atoms with Gasteiger partial charge in [0, 0.05) is 57.4 Å². The molecule has 0 spiro atoms. The lowest BCUT2D eigenvalue weighted by Crippen LogP contribution is -2.49. The van der Waals surface area contributed by atoms with Crippen LogP contribution in [0.2, 0.25) is 0 Å². The molecule has 32 heavy (non-hydrogen) atoms. The summed E-state index contributed by atoms with van der Waals surface area (Å²) in [5.74, 6) is 2.67. The molecule has 0 atom stereocenters. The Kier molecular flexibility index (Phi) is 8.71. The lowest BCUT2D eigenvalue weighted by Gasteiger charge is -2.35. The van der Waals surface area contributed by atoms with E-state index >= 15 is 0 Å². The van der Waals surface area contributed by atoms with Crippen LogP contribution in [0.3, 0.4) is 0 Å². The Labute approximate surface area is 190 Å². The maximum absolute atomic E-state index is 12.7. The molecule has 1 aromatic carbocycles. The first-order valence-corrected chi connectivity index (χ1v) is 11.2. The summed E-state index contributed by atoms with van der Waals surface area (Å²) in [6, 6.07) is 12.0. The maximum atomic E-state index is 12.7. The molecule has 1 aromatic heterocycles. The van der Waals surface area contributed by atoms with Crippen molar-refractivity contribution in [2.75, 3.05) is 51.3 Å². The number of nitrogens with one attached hydrogen (secondary N) is 2. The van der Waals surface area contributed by atoms with E-state index in [4.69, 9.17) is 4.74 Å². The van der Waals surface area contributed by atoms with Crippen molar-refractivity contribution >= 4 is 17.7 Å². The summed E-state index contributed by atoms with van der Waals surface area (Å²) in [6.45, 7) is 8.90. The molecule has 0 radical (unpaired) electrons. The highest BCUT2D eigenvalue weighted by molar-refractivity contribution is 5.81. The van der Waals surface area contributed by atoms with Gasteiger partial charge in [0.15, 0.2) is 5.96 Å². The van der Waals surface area contributed by atoms with E-state index in [9.17, 15) is 4.79 Å². The molecule has 1 aliphatic rings. The van der Waals surface area contributed by atoms with E-state index in [0.717, 1.165) is 55.4 Å². The van der Waals surface area contributed by atoms with Crippen molar-refractivity contribution in [2.24, 2.45) is 4.99 Å². The van der Waals surface area contributed by atoms with E-state index in [1.54, 1.807) is 13.3 Å². The van der Waals surface area contributed by atoms with E-state index in [1.807, 2.05) is 49.1 Å². The van der Waals surface area contributed by atoms with Gasteiger partial charge in [-0.3, -0.25) is 4.79 Å². The quantitative estimate of drug-likeness (QED) is 0.486. The van der Waals surface area contributed by atoms with Crippen molar-refractivity contribution in [3.05, 3.63) is 53.7 Å². The average Bonchev–Trinajstić information content (AvgIpc) is 2.83. The van der Waals surface area contributed by atoms with E-state index in [2.05, 4.69) is 31.6 Å². The summed E-state index contributed by atoms with van der Waals surface area (Å²) in [5, 5.41) is 6.51. The Morgan fingerprint density at radius 1 is 1.16 bits per heavy atom. The number of amides is 1. The van der Waals surface area contributed by atoms with Crippen molar-refractivity contribution in [1.29, 1.82) is 0 Å². The van der Waals surface area contributed by atoms with Gasteiger partial charge in [-0.1, -0.05) is 18.2 Å². The van der Waals surface area contributed by atoms with Crippen molar-refractivity contribution in [3.8, 4) is 5.75 Å². The lowest BCUT2D eigenvalue weighted by molar-refractivity contribution is -0.131. The second kappa shape index (κ2) is 11.9. The fourth-order valence-electron chi connectivity index (χ4n) is 3.66. The molecule has 8 heteroatoms. The number of aliphatic imine (C=N–C) groups is 1. The molecular formula is C24H34N6O2. The molecule has 1 saturated heterocycles. The zero-order valence-electron chi connectivity index (χ0n) is 19.3. The van der Waals surface area contributed by atoms with Crippen molar-refractivity contribution < 1.29 is 9.53 Å². The number of hydrogen-bond acceptors (Lipinski definition) is 5. The summed E-state index contributed by atoms with van der Waals surface area (Å²) in [6.07, 6.45) is 2.23. The van der Waals surface area contributed by atoms with Crippen molar-refractivity contribution in [3.63, 3.8) is 0 Å². The highest BCUT2D eigenvalue weighted by Gasteiger charge is 2.21. The normalized spacial score (nSPS) is 14.3. The van der Waals surface area contributed by atoms with Gasteiger partial charge >= 0.3 is 0 Å².